The zero-order chi connectivity index (χ0) is 14.6. The number of sulfonamides is 1. The summed E-state index contributed by atoms with van der Waals surface area (Å²) in [4.78, 5) is 3.94. The lowest BCUT2D eigenvalue weighted by Crippen LogP contribution is -2.38. The molecule has 2 rings (SSSR count). The highest BCUT2D eigenvalue weighted by molar-refractivity contribution is 8.00. The molecular formula is C12H20N4O2S2. The molecule has 0 unspecified atom stereocenters. The number of nitrogens with zero attached hydrogens (tertiary/aromatic N) is 1. The van der Waals surface area contributed by atoms with E-state index in [1.54, 1.807) is 11.8 Å². The van der Waals surface area contributed by atoms with Crippen LogP contribution in [0.2, 0.25) is 0 Å². The first-order chi connectivity index (χ1) is 9.53. The lowest BCUT2D eigenvalue weighted by atomic mass is 10.1. The number of nitrogens with one attached hydrogen (secondary N) is 2. The van der Waals surface area contributed by atoms with Gasteiger partial charge in [0.2, 0.25) is 10.0 Å². The fraction of sp³-hybridized carbons (Fsp3) is 0.583. The lowest BCUT2D eigenvalue weighted by Gasteiger charge is -2.27. The van der Waals surface area contributed by atoms with Crippen LogP contribution in [0.5, 0.6) is 0 Å². The Labute approximate surface area is 123 Å². The van der Waals surface area contributed by atoms with Crippen LogP contribution in [-0.2, 0) is 10.0 Å². The molecule has 1 heterocycles. The highest BCUT2D eigenvalue weighted by atomic mass is 32.2. The van der Waals surface area contributed by atoms with Crippen molar-refractivity contribution in [2.24, 2.45) is 5.84 Å². The molecule has 0 amide bonds. The van der Waals surface area contributed by atoms with Gasteiger partial charge in [-0.3, -0.25) is 10.8 Å². The predicted octanol–water partition coefficient (Wildman–Crippen LogP) is 1.32. The van der Waals surface area contributed by atoms with Crippen molar-refractivity contribution in [3.05, 3.63) is 18.5 Å². The molecule has 0 aromatic carbocycles. The Bertz CT molecular complexity index is 556. The van der Waals surface area contributed by atoms with Gasteiger partial charge in [0.1, 0.15) is 4.90 Å². The smallest absolute Gasteiger partial charge is 0.244 e. The summed E-state index contributed by atoms with van der Waals surface area (Å²) in [6.45, 7) is 0.440. The van der Waals surface area contributed by atoms with Crippen LogP contribution in [0.15, 0.2) is 23.4 Å². The van der Waals surface area contributed by atoms with E-state index >= 15 is 0 Å². The highest BCUT2D eigenvalue weighted by Crippen LogP contribution is 2.39. The van der Waals surface area contributed by atoms with Crippen LogP contribution >= 0.6 is 11.8 Å². The van der Waals surface area contributed by atoms with Crippen LogP contribution < -0.4 is 16.0 Å². The average Bonchev–Trinajstić information content (AvgIpc) is 2.95. The van der Waals surface area contributed by atoms with Crippen LogP contribution in [0.4, 0.5) is 5.69 Å². The molecular weight excluding hydrogens is 296 g/mol. The Balaban J connectivity index is 2.15. The van der Waals surface area contributed by atoms with Gasteiger partial charge in [-0.25, -0.2) is 13.1 Å². The fourth-order valence-corrected chi connectivity index (χ4v) is 4.73. The van der Waals surface area contributed by atoms with Crippen molar-refractivity contribution < 1.29 is 8.42 Å². The number of nitrogen functional groups attached to an aromatic ring is 1. The maximum Gasteiger partial charge on any atom is 0.244 e. The zero-order valence-electron chi connectivity index (χ0n) is 11.4. The van der Waals surface area contributed by atoms with Gasteiger partial charge >= 0.3 is 0 Å². The summed E-state index contributed by atoms with van der Waals surface area (Å²) < 4.78 is 27.5. The van der Waals surface area contributed by atoms with Gasteiger partial charge < -0.3 is 5.43 Å². The van der Waals surface area contributed by atoms with Crippen molar-refractivity contribution in [2.45, 2.75) is 35.3 Å². The van der Waals surface area contributed by atoms with Gasteiger partial charge in [-0.05, 0) is 25.2 Å². The normalized spacial score (nSPS) is 18.1. The van der Waals surface area contributed by atoms with E-state index in [1.165, 1.54) is 18.5 Å². The SMILES string of the molecule is CSC1(CNS(=O)(=O)c2cnccc2NN)CCCC1. The molecule has 0 bridgehead atoms. The van der Waals surface area contributed by atoms with Crippen molar-refractivity contribution in [1.29, 1.82) is 0 Å². The first-order valence-corrected chi connectivity index (χ1v) is 9.19. The summed E-state index contributed by atoms with van der Waals surface area (Å²) in [5.41, 5.74) is 2.73. The number of anilines is 1. The molecule has 6 nitrogen and oxygen atoms in total. The minimum Gasteiger partial charge on any atom is -0.323 e. The van der Waals surface area contributed by atoms with Gasteiger partial charge in [-0.15, -0.1) is 0 Å². The number of pyridine rings is 1. The van der Waals surface area contributed by atoms with Crippen molar-refractivity contribution in [1.82, 2.24) is 9.71 Å². The third kappa shape index (κ3) is 3.25. The molecule has 112 valence electrons. The van der Waals surface area contributed by atoms with Gasteiger partial charge in [0.05, 0.1) is 5.69 Å². The first kappa shape index (κ1) is 15.6. The second-order valence-corrected chi connectivity index (χ2v) is 7.94. The van der Waals surface area contributed by atoms with Crippen molar-refractivity contribution in [3.63, 3.8) is 0 Å². The van der Waals surface area contributed by atoms with Crippen LogP contribution in [0.1, 0.15) is 25.7 Å². The summed E-state index contributed by atoms with van der Waals surface area (Å²) >= 11 is 1.74. The number of hydrogen-bond donors (Lipinski definition) is 3. The van der Waals surface area contributed by atoms with Crippen LogP contribution in [0.3, 0.4) is 0 Å². The van der Waals surface area contributed by atoms with Gasteiger partial charge in [0.15, 0.2) is 0 Å². The number of hydrazine groups is 1. The van der Waals surface area contributed by atoms with Crippen LogP contribution in [0.25, 0.3) is 0 Å². The van der Waals surface area contributed by atoms with Crippen molar-refractivity contribution >= 4 is 27.5 Å². The quantitative estimate of drug-likeness (QED) is 0.541. The molecule has 4 N–H and O–H groups in total. The number of aromatic nitrogens is 1. The molecule has 1 aliphatic carbocycles. The Morgan fingerprint density at radius 1 is 1.45 bits per heavy atom. The van der Waals surface area contributed by atoms with Crippen molar-refractivity contribution in [2.75, 3.05) is 18.2 Å². The first-order valence-electron chi connectivity index (χ1n) is 6.48. The number of thioether (sulfide) groups is 1. The Kier molecular flexibility index (Phi) is 4.90. The summed E-state index contributed by atoms with van der Waals surface area (Å²) in [5.74, 6) is 5.34. The van der Waals surface area contributed by atoms with E-state index in [2.05, 4.69) is 15.1 Å². The third-order valence-corrected chi connectivity index (χ3v) is 6.61. The number of nitrogens with two attached hydrogens (primary N) is 1. The minimum atomic E-state index is -3.61. The van der Waals surface area contributed by atoms with Gasteiger partial charge in [0, 0.05) is 23.7 Å². The van der Waals surface area contributed by atoms with E-state index in [-0.39, 0.29) is 9.64 Å². The molecule has 20 heavy (non-hydrogen) atoms. The molecule has 0 radical (unpaired) electrons. The van der Waals surface area contributed by atoms with Crippen LogP contribution in [-0.4, -0.2) is 30.9 Å². The molecule has 1 aromatic heterocycles. The number of hydrogen-bond acceptors (Lipinski definition) is 6. The van der Waals surface area contributed by atoms with E-state index in [4.69, 9.17) is 5.84 Å². The average molecular weight is 316 g/mol. The van der Waals surface area contributed by atoms with E-state index < -0.39 is 10.0 Å². The summed E-state index contributed by atoms with van der Waals surface area (Å²) in [5, 5.41) is 0. The molecule has 1 fully saturated rings. The standard InChI is InChI=1S/C12H20N4O2S2/c1-19-12(5-2-3-6-12)9-15-20(17,18)11-8-14-7-4-10(11)16-13/h4,7-8,15H,2-3,5-6,9,13H2,1H3,(H,14,16). The zero-order valence-corrected chi connectivity index (χ0v) is 13.1. The monoisotopic (exact) mass is 316 g/mol. The molecule has 0 spiro atoms. The molecule has 8 heteroatoms. The largest absolute Gasteiger partial charge is 0.323 e. The second kappa shape index (κ2) is 6.30. The third-order valence-electron chi connectivity index (χ3n) is 3.76. The Morgan fingerprint density at radius 2 is 2.15 bits per heavy atom. The van der Waals surface area contributed by atoms with E-state index in [9.17, 15) is 8.42 Å². The van der Waals surface area contributed by atoms with Gasteiger partial charge in [-0.1, -0.05) is 12.8 Å². The topological polar surface area (TPSA) is 97.1 Å². The predicted molar refractivity (Wildman–Crippen MR) is 81.9 cm³/mol. The van der Waals surface area contributed by atoms with Crippen molar-refractivity contribution in [3.8, 4) is 0 Å². The fourth-order valence-electron chi connectivity index (χ4n) is 2.49. The maximum atomic E-state index is 12.4. The van der Waals surface area contributed by atoms with Crippen LogP contribution in [0, 0.1) is 0 Å². The molecule has 0 saturated heterocycles. The molecule has 1 saturated carbocycles. The molecule has 1 aromatic rings. The van der Waals surface area contributed by atoms with Gasteiger partial charge in [-0.2, -0.15) is 11.8 Å². The lowest BCUT2D eigenvalue weighted by molar-refractivity contribution is 0.551. The highest BCUT2D eigenvalue weighted by Gasteiger charge is 2.34. The van der Waals surface area contributed by atoms with E-state index in [0.29, 0.717) is 12.2 Å². The second-order valence-electron chi connectivity index (χ2n) is 4.93. The molecule has 1 aliphatic rings. The van der Waals surface area contributed by atoms with E-state index in [1.807, 2.05) is 6.26 Å². The minimum absolute atomic E-state index is 0.0194. The maximum absolute atomic E-state index is 12.4. The summed E-state index contributed by atoms with van der Waals surface area (Å²) in [6, 6.07) is 1.54. The van der Waals surface area contributed by atoms with Gasteiger partial charge in [0.25, 0.3) is 0 Å². The van der Waals surface area contributed by atoms with E-state index in [0.717, 1.165) is 25.7 Å². The summed E-state index contributed by atoms with van der Waals surface area (Å²) in [7, 11) is -3.61. The number of rotatable bonds is 6. The summed E-state index contributed by atoms with van der Waals surface area (Å²) in [6.07, 6.45) is 9.25. The molecule has 0 aliphatic heterocycles. The molecule has 0 atom stereocenters. The Hall–Kier alpha value is -0.830. The Morgan fingerprint density at radius 3 is 2.75 bits per heavy atom.